The molecule has 3 aromatic heterocycles. The van der Waals surface area contributed by atoms with E-state index < -0.39 is 6.43 Å². The molecule has 0 aromatic carbocycles. The molecule has 2 fully saturated rings. The Morgan fingerprint density at radius 2 is 1.97 bits per heavy atom. The van der Waals surface area contributed by atoms with E-state index in [4.69, 9.17) is 9.72 Å². The van der Waals surface area contributed by atoms with Crippen molar-refractivity contribution in [1.29, 1.82) is 0 Å². The van der Waals surface area contributed by atoms with E-state index in [1.54, 1.807) is 21.6 Å². The van der Waals surface area contributed by atoms with Crippen LogP contribution >= 0.6 is 0 Å². The van der Waals surface area contributed by atoms with Crippen LogP contribution in [-0.4, -0.2) is 55.5 Å². The molecular formula is C27H36F2N6O2. The lowest BCUT2D eigenvalue weighted by Crippen LogP contribution is -2.48. The number of ketones is 1. The minimum Gasteiger partial charge on any atom is -0.372 e. The Kier molecular flexibility index (Phi) is 7.04. The van der Waals surface area contributed by atoms with Gasteiger partial charge in [0, 0.05) is 37.5 Å². The Balaban J connectivity index is 1.37. The molecule has 1 aliphatic carbocycles. The van der Waals surface area contributed by atoms with Crippen LogP contribution in [0.2, 0.25) is 0 Å². The zero-order valence-corrected chi connectivity index (χ0v) is 22.0. The number of ether oxygens (including phenoxy) is 1. The summed E-state index contributed by atoms with van der Waals surface area (Å²) in [4.78, 5) is 20.2. The number of nitrogens with zero attached hydrogens (tertiary/aromatic N) is 6. The molecule has 1 saturated heterocycles. The van der Waals surface area contributed by atoms with Gasteiger partial charge in [-0.05, 0) is 57.4 Å². The highest BCUT2D eigenvalue weighted by Crippen LogP contribution is 2.36. The Morgan fingerprint density at radius 3 is 2.65 bits per heavy atom. The topological polar surface area (TPSA) is 77.5 Å². The molecule has 0 N–H and O–H groups in total. The zero-order valence-electron chi connectivity index (χ0n) is 22.0. The maximum Gasteiger partial charge on any atom is 0.282 e. The fourth-order valence-corrected chi connectivity index (χ4v) is 5.70. The van der Waals surface area contributed by atoms with E-state index >= 15 is 0 Å². The number of morpholine rings is 1. The summed E-state index contributed by atoms with van der Waals surface area (Å²) in [6, 6.07) is 1.96. The van der Waals surface area contributed by atoms with Crippen LogP contribution in [0.5, 0.6) is 0 Å². The summed E-state index contributed by atoms with van der Waals surface area (Å²) in [5, 5.41) is 8.52. The van der Waals surface area contributed by atoms with Gasteiger partial charge in [0.2, 0.25) is 0 Å². The molecule has 0 radical (unpaired) electrons. The first-order chi connectivity index (χ1) is 17.6. The van der Waals surface area contributed by atoms with E-state index in [2.05, 4.69) is 28.9 Å². The highest BCUT2D eigenvalue weighted by atomic mass is 19.3. The third kappa shape index (κ3) is 5.39. The maximum absolute atomic E-state index is 13.9. The van der Waals surface area contributed by atoms with Crippen molar-refractivity contribution in [3.8, 4) is 0 Å². The minimum atomic E-state index is -2.74. The molecule has 0 unspecified atom stereocenters. The Hall–Kier alpha value is -2.88. The number of carbonyl (C=O) groups is 1. The number of alkyl halides is 2. The van der Waals surface area contributed by atoms with Crippen molar-refractivity contribution in [1.82, 2.24) is 24.4 Å². The van der Waals surface area contributed by atoms with Crippen LogP contribution in [0.25, 0.3) is 5.65 Å². The molecule has 3 aromatic rings. The van der Waals surface area contributed by atoms with E-state index in [1.165, 1.54) is 6.20 Å². The van der Waals surface area contributed by atoms with Crippen molar-refractivity contribution in [2.45, 2.75) is 77.9 Å². The van der Waals surface area contributed by atoms with Crippen molar-refractivity contribution >= 4 is 17.2 Å². The average molecular weight is 515 g/mol. The molecule has 0 amide bonds. The molecule has 0 bridgehead atoms. The predicted octanol–water partition coefficient (Wildman–Crippen LogP) is 5.29. The molecule has 0 atom stereocenters. The number of hydrogen-bond donors (Lipinski definition) is 0. The first-order valence-corrected chi connectivity index (χ1v) is 13.2. The van der Waals surface area contributed by atoms with Gasteiger partial charge in [0.15, 0.2) is 11.4 Å². The Labute approximate surface area is 216 Å². The van der Waals surface area contributed by atoms with Gasteiger partial charge >= 0.3 is 0 Å². The standard InChI is InChI=1S/C27H36F2N6O2/c1-17(2)18-5-7-20(8-6-18)35-15-19(24(32-35)25(28)29)13-22(36)21-14-30-34-10-9-23(31-26(21)34)33-11-12-37-27(3,4)16-33/h9-10,14-15,17-18,20,25H,5-8,11-13,16H2,1-4H3. The number of hydrogen-bond acceptors (Lipinski definition) is 6. The Morgan fingerprint density at radius 1 is 1.22 bits per heavy atom. The monoisotopic (exact) mass is 514 g/mol. The molecule has 2 aliphatic rings. The van der Waals surface area contributed by atoms with Crippen molar-refractivity contribution in [2.75, 3.05) is 24.6 Å². The second-order valence-electron chi connectivity index (χ2n) is 11.4. The summed E-state index contributed by atoms with van der Waals surface area (Å²) in [6.07, 6.45) is 5.95. The SMILES string of the molecule is CC(C)C1CCC(n2cc(CC(=O)c3cnn4ccc(N5CCOC(C)(C)C5)nc34)c(C(F)F)n2)CC1. The molecular weight excluding hydrogens is 478 g/mol. The van der Waals surface area contributed by atoms with Gasteiger partial charge in [-0.1, -0.05) is 13.8 Å². The summed E-state index contributed by atoms with van der Waals surface area (Å²) in [6.45, 7) is 10.5. The molecule has 0 spiro atoms. The van der Waals surface area contributed by atoms with Crippen molar-refractivity contribution in [3.05, 3.63) is 41.5 Å². The second-order valence-corrected chi connectivity index (χ2v) is 11.4. The highest BCUT2D eigenvalue weighted by molar-refractivity contribution is 6.02. The van der Waals surface area contributed by atoms with Crippen molar-refractivity contribution < 1.29 is 18.3 Å². The Bertz CT molecular complexity index is 1260. The summed E-state index contributed by atoms with van der Waals surface area (Å²) >= 11 is 0. The van der Waals surface area contributed by atoms with Crippen LogP contribution in [0.15, 0.2) is 24.7 Å². The fourth-order valence-electron chi connectivity index (χ4n) is 5.70. The smallest absolute Gasteiger partial charge is 0.282 e. The summed E-state index contributed by atoms with van der Waals surface area (Å²) < 4.78 is 36.8. The van der Waals surface area contributed by atoms with E-state index in [-0.39, 0.29) is 35.1 Å². The summed E-state index contributed by atoms with van der Waals surface area (Å²) in [5.41, 5.74) is 0.408. The van der Waals surface area contributed by atoms with Gasteiger partial charge in [-0.15, -0.1) is 0 Å². The normalized spacial score (nSPS) is 22.3. The van der Waals surface area contributed by atoms with Gasteiger partial charge in [0.05, 0.1) is 30.0 Å². The van der Waals surface area contributed by atoms with Crippen LogP contribution in [0, 0.1) is 11.8 Å². The van der Waals surface area contributed by atoms with Gasteiger partial charge in [0.25, 0.3) is 6.43 Å². The largest absolute Gasteiger partial charge is 0.372 e. The number of aromatic nitrogens is 5. The number of Topliss-reactive ketones (excluding diaryl/α,β-unsaturated/α-hetero) is 1. The first-order valence-electron chi connectivity index (χ1n) is 13.2. The number of carbonyl (C=O) groups excluding carboxylic acids is 1. The summed E-state index contributed by atoms with van der Waals surface area (Å²) in [5.74, 6) is 1.72. The number of anilines is 1. The molecule has 8 nitrogen and oxygen atoms in total. The lowest BCUT2D eigenvalue weighted by Gasteiger charge is -2.38. The van der Waals surface area contributed by atoms with Crippen LogP contribution in [0.3, 0.4) is 0 Å². The fraction of sp³-hybridized carbons (Fsp3) is 0.630. The second kappa shape index (κ2) is 10.1. The first kappa shape index (κ1) is 25.8. The molecule has 200 valence electrons. The number of fused-ring (bicyclic) bond motifs is 1. The molecule has 1 saturated carbocycles. The predicted molar refractivity (Wildman–Crippen MR) is 136 cm³/mol. The minimum absolute atomic E-state index is 0.0929. The van der Waals surface area contributed by atoms with Crippen LogP contribution in [0.1, 0.15) is 87.5 Å². The highest BCUT2D eigenvalue weighted by Gasteiger charge is 2.30. The quantitative estimate of drug-likeness (QED) is 0.399. The average Bonchev–Trinajstić information content (AvgIpc) is 3.47. The molecule has 37 heavy (non-hydrogen) atoms. The van der Waals surface area contributed by atoms with E-state index in [1.807, 2.05) is 19.9 Å². The van der Waals surface area contributed by atoms with E-state index in [0.717, 1.165) is 31.5 Å². The zero-order chi connectivity index (χ0) is 26.3. The van der Waals surface area contributed by atoms with Crippen LogP contribution in [-0.2, 0) is 11.2 Å². The third-order valence-electron chi connectivity index (χ3n) is 7.86. The van der Waals surface area contributed by atoms with Gasteiger partial charge in [-0.2, -0.15) is 10.2 Å². The lowest BCUT2D eigenvalue weighted by molar-refractivity contribution is -0.0279. The van der Waals surface area contributed by atoms with Crippen LogP contribution in [0.4, 0.5) is 14.6 Å². The van der Waals surface area contributed by atoms with Crippen LogP contribution < -0.4 is 4.90 Å². The molecule has 10 heteroatoms. The van der Waals surface area contributed by atoms with E-state index in [9.17, 15) is 13.6 Å². The van der Waals surface area contributed by atoms with Gasteiger partial charge in [-0.25, -0.2) is 18.3 Å². The maximum atomic E-state index is 13.9. The van der Waals surface area contributed by atoms with Gasteiger partial charge < -0.3 is 9.64 Å². The molecule has 1 aliphatic heterocycles. The van der Waals surface area contributed by atoms with Gasteiger partial charge in [-0.3, -0.25) is 9.48 Å². The lowest BCUT2D eigenvalue weighted by atomic mass is 9.80. The van der Waals surface area contributed by atoms with Crippen molar-refractivity contribution in [3.63, 3.8) is 0 Å². The number of halogens is 2. The summed E-state index contributed by atoms with van der Waals surface area (Å²) in [7, 11) is 0. The van der Waals surface area contributed by atoms with Gasteiger partial charge in [0.1, 0.15) is 11.5 Å². The number of rotatable bonds is 7. The third-order valence-corrected chi connectivity index (χ3v) is 7.86. The van der Waals surface area contributed by atoms with Crippen molar-refractivity contribution in [2.24, 2.45) is 11.8 Å². The molecule has 5 rings (SSSR count). The molecule has 4 heterocycles. The van der Waals surface area contributed by atoms with E-state index in [0.29, 0.717) is 42.7 Å².